The van der Waals surface area contributed by atoms with Gasteiger partial charge in [0.1, 0.15) is 0 Å². The summed E-state index contributed by atoms with van der Waals surface area (Å²) in [6, 6.07) is 11.1. The van der Waals surface area contributed by atoms with E-state index in [0.29, 0.717) is 24.2 Å². The number of sulfonamides is 1. The van der Waals surface area contributed by atoms with Crippen molar-refractivity contribution < 1.29 is 13.2 Å². The Balaban J connectivity index is 1.84. The largest absolute Gasteiger partial charge is 0.322 e. The molecule has 0 fully saturated rings. The maximum Gasteiger partial charge on any atom is 0.255 e. The van der Waals surface area contributed by atoms with Crippen molar-refractivity contribution in [2.24, 2.45) is 0 Å². The third-order valence-corrected chi connectivity index (χ3v) is 6.31. The molecule has 0 aliphatic carbocycles. The third-order valence-electron chi connectivity index (χ3n) is 4.53. The number of nitrogens with zero attached hydrogens (tertiary/aromatic N) is 1. The molecule has 1 N–H and O–H groups in total. The first-order valence-electron chi connectivity index (χ1n) is 8.34. The van der Waals surface area contributed by atoms with E-state index in [1.165, 1.54) is 4.31 Å². The molecule has 1 amide bonds. The van der Waals surface area contributed by atoms with Crippen LogP contribution in [-0.2, 0) is 16.4 Å². The molecule has 1 aliphatic heterocycles. The van der Waals surface area contributed by atoms with Crippen LogP contribution in [0.15, 0.2) is 36.4 Å². The zero-order chi connectivity index (χ0) is 18.2. The highest BCUT2D eigenvalue weighted by Gasteiger charge is 2.28. The van der Waals surface area contributed by atoms with Crippen LogP contribution in [0.2, 0.25) is 0 Å². The van der Waals surface area contributed by atoms with Crippen molar-refractivity contribution in [2.75, 3.05) is 21.9 Å². The lowest BCUT2D eigenvalue weighted by molar-refractivity contribution is 0.102. The van der Waals surface area contributed by atoms with Crippen molar-refractivity contribution in [3.63, 3.8) is 0 Å². The highest BCUT2D eigenvalue weighted by molar-refractivity contribution is 7.92. The maximum atomic E-state index is 12.5. The molecule has 1 aliphatic rings. The van der Waals surface area contributed by atoms with Gasteiger partial charge in [0.05, 0.1) is 11.4 Å². The Morgan fingerprint density at radius 2 is 1.92 bits per heavy atom. The van der Waals surface area contributed by atoms with Crippen LogP contribution in [0.1, 0.15) is 34.0 Å². The Labute approximate surface area is 148 Å². The first kappa shape index (κ1) is 17.5. The summed E-state index contributed by atoms with van der Waals surface area (Å²) in [4.78, 5) is 12.5. The van der Waals surface area contributed by atoms with Gasteiger partial charge in [-0.3, -0.25) is 9.10 Å². The normalized spacial score (nSPS) is 13.6. The summed E-state index contributed by atoms with van der Waals surface area (Å²) in [7, 11) is -3.27. The van der Waals surface area contributed by atoms with Crippen LogP contribution in [0, 0.1) is 13.8 Å². The predicted octanol–water partition coefficient (Wildman–Crippen LogP) is 3.27. The number of fused-ring (bicyclic) bond motifs is 1. The molecule has 0 spiro atoms. The lowest BCUT2D eigenvalue weighted by Crippen LogP contribution is -2.30. The van der Waals surface area contributed by atoms with E-state index < -0.39 is 10.0 Å². The maximum absolute atomic E-state index is 12.5. The van der Waals surface area contributed by atoms with E-state index >= 15 is 0 Å². The van der Waals surface area contributed by atoms with E-state index in [0.717, 1.165) is 22.4 Å². The van der Waals surface area contributed by atoms with E-state index in [2.05, 4.69) is 5.32 Å². The van der Waals surface area contributed by atoms with Gasteiger partial charge in [-0.1, -0.05) is 17.7 Å². The van der Waals surface area contributed by atoms with E-state index in [-0.39, 0.29) is 11.7 Å². The SMILES string of the molecule is CCS(=O)(=O)N1CCc2cc(C(=O)Nc3ccc(C)cc3C)ccc21. The number of hydrogen-bond donors (Lipinski definition) is 1. The number of anilines is 2. The molecule has 0 radical (unpaired) electrons. The molecule has 2 aromatic carbocycles. The van der Waals surface area contributed by atoms with Crippen LogP contribution < -0.4 is 9.62 Å². The molecule has 25 heavy (non-hydrogen) atoms. The molecule has 0 saturated heterocycles. The van der Waals surface area contributed by atoms with Gasteiger partial charge in [-0.2, -0.15) is 0 Å². The fourth-order valence-electron chi connectivity index (χ4n) is 3.11. The van der Waals surface area contributed by atoms with Gasteiger partial charge in [-0.25, -0.2) is 8.42 Å². The Hall–Kier alpha value is -2.34. The number of rotatable bonds is 4. The first-order chi connectivity index (χ1) is 11.8. The Bertz CT molecular complexity index is 936. The second kappa shape index (κ2) is 6.52. The van der Waals surface area contributed by atoms with Gasteiger partial charge in [-0.15, -0.1) is 0 Å². The monoisotopic (exact) mass is 358 g/mol. The van der Waals surface area contributed by atoms with Crippen LogP contribution in [0.4, 0.5) is 11.4 Å². The molecular weight excluding hydrogens is 336 g/mol. The van der Waals surface area contributed by atoms with Crippen LogP contribution in [0.5, 0.6) is 0 Å². The fourth-order valence-corrected chi connectivity index (χ4v) is 4.26. The van der Waals surface area contributed by atoms with Gasteiger partial charge in [0.2, 0.25) is 10.0 Å². The summed E-state index contributed by atoms with van der Waals surface area (Å²) in [6.07, 6.45) is 0.624. The first-order valence-corrected chi connectivity index (χ1v) is 9.94. The van der Waals surface area contributed by atoms with Crippen molar-refractivity contribution in [1.29, 1.82) is 0 Å². The van der Waals surface area contributed by atoms with Crippen LogP contribution >= 0.6 is 0 Å². The third kappa shape index (κ3) is 3.39. The molecule has 5 nitrogen and oxygen atoms in total. The number of carbonyl (C=O) groups is 1. The Morgan fingerprint density at radius 1 is 1.16 bits per heavy atom. The van der Waals surface area contributed by atoms with Crippen molar-refractivity contribution in [3.8, 4) is 0 Å². The standard InChI is InChI=1S/C19H22N2O3S/c1-4-25(23,24)21-10-9-15-12-16(6-8-18(15)21)19(22)20-17-7-5-13(2)11-14(17)3/h5-8,11-12H,4,9-10H2,1-3H3,(H,20,22). The van der Waals surface area contributed by atoms with E-state index in [1.807, 2.05) is 32.0 Å². The quantitative estimate of drug-likeness (QED) is 0.912. The Morgan fingerprint density at radius 3 is 2.60 bits per heavy atom. The summed E-state index contributed by atoms with van der Waals surface area (Å²) in [5.74, 6) is -0.118. The van der Waals surface area contributed by atoms with Crippen LogP contribution in [-0.4, -0.2) is 26.6 Å². The van der Waals surface area contributed by atoms with Crippen LogP contribution in [0.25, 0.3) is 0 Å². The van der Waals surface area contributed by atoms with Gasteiger partial charge in [0.25, 0.3) is 5.91 Å². The number of aryl methyl sites for hydroxylation is 2. The molecule has 0 unspecified atom stereocenters. The van der Waals surface area contributed by atoms with Gasteiger partial charge < -0.3 is 5.32 Å². The molecule has 3 rings (SSSR count). The fraction of sp³-hybridized carbons (Fsp3) is 0.316. The molecule has 2 aromatic rings. The van der Waals surface area contributed by atoms with Crippen molar-refractivity contribution in [2.45, 2.75) is 27.2 Å². The van der Waals surface area contributed by atoms with Crippen molar-refractivity contribution in [1.82, 2.24) is 0 Å². The summed E-state index contributed by atoms with van der Waals surface area (Å²) < 4.78 is 25.7. The summed E-state index contributed by atoms with van der Waals surface area (Å²) in [5, 5.41) is 2.93. The van der Waals surface area contributed by atoms with E-state index in [4.69, 9.17) is 0 Å². The number of hydrogen-bond acceptors (Lipinski definition) is 3. The highest BCUT2D eigenvalue weighted by atomic mass is 32.2. The molecule has 6 heteroatoms. The number of carbonyl (C=O) groups excluding carboxylic acids is 1. The molecule has 0 atom stereocenters. The van der Waals surface area contributed by atoms with Crippen molar-refractivity contribution >= 4 is 27.3 Å². The van der Waals surface area contributed by atoms with Gasteiger partial charge >= 0.3 is 0 Å². The number of amides is 1. The molecule has 132 valence electrons. The van der Waals surface area contributed by atoms with Crippen molar-refractivity contribution in [3.05, 3.63) is 58.7 Å². The zero-order valence-electron chi connectivity index (χ0n) is 14.7. The zero-order valence-corrected chi connectivity index (χ0v) is 15.5. The lowest BCUT2D eigenvalue weighted by Gasteiger charge is -2.18. The van der Waals surface area contributed by atoms with Gasteiger partial charge in [-0.05, 0) is 62.6 Å². The van der Waals surface area contributed by atoms with Crippen LogP contribution in [0.3, 0.4) is 0 Å². The molecular formula is C19H22N2O3S. The summed E-state index contributed by atoms with van der Waals surface area (Å²) >= 11 is 0. The lowest BCUT2D eigenvalue weighted by atomic mass is 10.1. The molecule has 0 bridgehead atoms. The molecule has 0 saturated carbocycles. The second-order valence-electron chi connectivity index (χ2n) is 6.34. The molecule has 1 heterocycles. The minimum Gasteiger partial charge on any atom is -0.322 e. The van der Waals surface area contributed by atoms with E-state index in [9.17, 15) is 13.2 Å². The average molecular weight is 358 g/mol. The summed E-state index contributed by atoms with van der Waals surface area (Å²) in [5.41, 5.74) is 5.05. The smallest absolute Gasteiger partial charge is 0.255 e. The number of benzene rings is 2. The van der Waals surface area contributed by atoms with Gasteiger partial charge in [0.15, 0.2) is 0 Å². The minimum absolute atomic E-state index is 0.0708. The highest BCUT2D eigenvalue weighted by Crippen LogP contribution is 2.31. The Kier molecular flexibility index (Phi) is 4.56. The van der Waals surface area contributed by atoms with Gasteiger partial charge in [0, 0.05) is 17.8 Å². The number of nitrogens with one attached hydrogen (secondary N) is 1. The second-order valence-corrected chi connectivity index (χ2v) is 8.52. The predicted molar refractivity (Wildman–Crippen MR) is 101 cm³/mol. The van der Waals surface area contributed by atoms with E-state index in [1.54, 1.807) is 25.1 Å². The average Bonchev–Trinajstić information content (AvgIpc) is 3.01. The minimum atomic E-state index is -3.27. The summed E-state index contributed by atoms with van der Waals surface area (Å²) in [6.45, 7) is 6.04. The molecule has 0 aromatic heterocycles. The topological polar surface area (TPSA) is 66.5 Å².